The maximum absolute atomic E-state index is 2.20. The van der Waals surface area contributed by atoms with Crippen molar-refractivity contribution >= 4 is 11.8 Å². The number of hydrogen-bond donors (Lipinski definition) is 0. The Kier molecular flexibility index (Phi) is 6.17. The average Bonchev–Trinajstić information content (AvgIpc) is 1.69. The van der Waals surface area contributed by atoms with Gasteiger partial charge >= 0.3 is 0 Å². The van der Waals surface area contributed by atoms with Gasteiger partial charge in [0.2, 0.25) is 0 Å². The summed E-state index contributed by atoms with van der Waals surface area (Å²) >= 11 is 1.85. The Morgan fingerprint density at radius 1 is 1.43 bits per heavy atom. The highest BCUT2D eigenvalue weighted by Gasteiger charge is 1.67. The first-order chi connectivity index (χ1) is 3.41. The molecule has 0 saturated heterocycles. The molecule has 0 amide bonds. The molecule has 0 saturated carbocycles. The second-order valence-electron chi connectivity index (χ2n) is 1.33. The molecule has 0 heterocycles. The average molecular weight is 116 g/mol. The maximum atomic E-state index is 2.20. The normalized spacial score (nSPS) is 10.6. The lowest BCUT2D eigenvalue weighted by molar-refractivity contribution is 1.22. The first-order valence-corrected chi connectivity index (χ1v) is 3.95. The van der Waals surface area contributed by atoms with Gasteiger partial charge in [0, 0.05) is 5.75 Å². The highest BCUT2D eigenvalue weighted by molar-refractivity contribution is 7.98. The highest BCUT2D eigenvalue weighted by atomic mass is 32.2. The van der Waals surface area contributed by atoms with Crippen molar-refractivity contribution in [1.29, 1.82) is 0 Å². The van der Waals surface area contributed by atoms with Crippen LogP contribution in [0.5, 0.6) is 0 Å². The first kappa shape index (κ1) is 7.09. The number of rotatable bonds is 3. The van der Waals surface area contributed by atoms with Gasteiger partial charge in [-0.1, -0.05) is 19.1 Å². The molecule has 0 aliphatic carbocycles. The van der Waals surface area contributed by atoms with Crippen molar-refractivity contribution in [2.24, 2.45) is 0 Å². The van der Waals surface area contributed by atoms with Gasteiger partial charge in [0.1, 0.15) is 0 Å². The summed E-state index contributed by atoms with van der Waals surface area (Å²) in [5, 5.41) is 0. The molecule has 0 atom stereocenters. The van der Waals surface area contributed by atoms with Crippen LogP contribution in [0.3, 0.4) is 0 Å². The van der Waals surface area contributed by atoms with Gasteiger partial charge in [0.05, 0.1) is 0 Å². The van der Waals surface area contributed by atoms with Crippen molar-refractivity contribution in [3.8, 4) is 0 Å². The molecule has 0 nitrogen and oxygen atoms in total. The maximum Gasteiger partial charge on any atom is 0.0110 e. The SMILES string of the molecule is CC/C=C\CSC. The van der Waals surface area contributed by atoms with Gasteiger partial charge in [-0.15, -0.1) is 0 Å². The third-order valence-electron chi connectivity index (χ3n) is 0.665. The minimum atomic E-state index is 1.16. The largest absolute Gasteiger partial charge is 0.161 e. The Hall–Kier alpha value is 0.0900. The Bertz CT molecular complexity index is 48.1. The summed E-state index contributed by atoms with van der Waals surface area (Å²) in [4.78, 5) is 0. The first-order valence-electron chi connectivity index (χ1n) is 2.55. The van der Waals surface area contributed by atoms with Gasteiger partial charge in [0.25, 0.3) is 0 Å². The second kappa shape index (κ2) is 6.09. The Labute approximate surface area is 50.0 Å². The van der Waals surface area contributed by atoms with Crippen LogP contribution in [0.4, 0.5) is 0 Å². The summed E-state index contributed by atoms with van der Waals surface area (Å²) in [6.45, 7) is 2.15. The lowest BCUT2D eigenvalue weighted by atomic mass is 10.4. The number of allylic oxidation sites excluding steroid dienone is 1. The van der Waals surface area contributed by atoms with Gasteiger partial charge < -0.3 is 0 Å². The molecule has 0 aromatic rings. The molecular weight excluding hydrogens is 104 g/mol. The van der Waals surface area contributed by atoms with E-state index in [9.17, 15) is 0 Å². The van der Waals surface area contributed by atoms with Crippen LogP contribution in [-0.2, 0) is 0 Å². The van der Waals surface area contributed by atoms with Crippen LogP contribution in [0, 0.1) is 0 Å². The van der Waals surface area contributed by atoms with Crippen molar-refractivity contribution in [3.05, 3.63) is 12.2 Å². The van der Waals surface area contributed by atoms with Gasteiger partial charge in [-0.25, -0.2) is 0 Å². The fraction of sp³-hybridized carbons (Fsp3) is 0.667. The Morgan fingerprint density at radius 2 is 2.14 bits per heavy atom. The monoisotopic (exact) mass is 116 g/mol. The molecule has 0 aromatic carbocycles. The van der Waals surface area contributed by atoms with E-state index in [0.29, 0.717) is 0 Å². The number of thioether (sulfide) groups is 1. The minimum Gasteiger partial charge on any atom is -0.161 e. The van der Waals surface area contributed by atoms with E-state index in [1.807, 2.05) is 11.8 Å². The zero-order valence-corrected chi connectivity index (χ0v) is 5.79. The molecule has 0 aliphatic rings. The molecule has 0 bridgehead atoms. The Balaban J connectivity index is 2.78. The van der Waals surface area contributed by atoms with E-state index in [-0.39, 0.29) is 0 Å². The van der Waals surface area contributed by atoms with Crippen LogP contribution in [-0.4, -0.2) is 12.0 Å². The summed E-state index contributed by atoms with van der Waals surface area (Å²) < 4.78 is 0. The van der Waals surface area contributed by atoms with Gasteiger partial charge in [-0.05, 0) is 12.7 Å². The molecule has 0 aliphatic heterocycles. The standard InChI is InChI=1S/C6H12S/c1-3-4-5-6-7-2/h4-5H,3,6H2,1-2H3/b5-4-. The van der Waals surface area contributed by atoms with E-state index in [1.54, 1.807) is 0 Å². The summed E-state index contributed by atoms with van der Waals surface area (Å²) in [5.41, 5.74) is 0. The van der Waals surface area contributed by atoms with Crippen LogP contribution in [0.2, 0.25) is 0 Å². The summed E-state index contributed by atoms with van der Waals surface area (Å²) in [5.74, 6) is 1.16. The molecule has 42 valence electrons. The van der Waals surface area contributed by atoms with Crippen molar-refractivity contribution in [2.45, 2.75) is 13.3 Å². The van der Waals surface area contributed by atoms with Crippen LogP contribution in [0.25, 0.3) is 0 Å². The predicted octanol–water partition coefficient (Wildman–Crippen LogP) is 2.32. The molecule has 0 fully saturated rings. The van der Waals surface area contributed by atoms with E-state index in [4.69, 9.17) is 0 Å². The van der Waals surface area contributed by atoms with E-state index in [0.717, 1.165) is 5.75 Å². The van der Waals surface area contributed by atoms with Gasteiger partial charge in [-0.2, -0.15) is 11.8 Å². The van der Waals surface area contributed by atoms with Crippen molar-refractivity contribution in [3.63, 3.8) is 0 Å². The lowest BCUT2D eigenvalue weighted by Crippen LogP contribution is -1.63. The third kappa shape index (κ3) is 6.09. The third-order valence-corrected chi connectivity index (χ3v) is 1.19. The number of hydrogen-bond acceptors (Lipinski definition) is 1. The lowest BCUT2D eigenvalue weighted by Gasteiger charge is -1.80. The molecule has 0 spiro atoms. The van der Waals surface area contributed by atoms with Crippen molar-refractivity contribution < 1.29 is 0 Å². The molecule has 0 rings (SSSR count). The molecule has 0 unspecified atom stereocenters. The van der Waals surface area contributed by atoms with Crippen LogP contribution < -0.4 is 0 Å². The highest BCUT2D eigenvalue weighted by Crippen LogP contribution is 1.91. The fourth-order valence-electron chi connectivity index (χ4n) is 0.331. The fourth-order valence-corrected chi connectivity index (χ4v) is 0.659. The predicted molar refractivity (Wildman–Crippen MR) is 37.8 cm³/mol. The second-order valence-corrected chi connectivity index (χ2v) is 2.25. The summed E-state index contributed by atoms with van der Waals surface area (Å²) in [7, 11) is 0. The van der Waals surface area contributed by atoms with Crippen molar-refractivity contribution in [1.82, 2.24) is 0 Å². The minimum absolute atomic E-state index is 1.16. The van der Waals surface area contributed by atoms with Crippen LogP contribution >= 0.6 is 11.8 Å². The Morgan fingerprint density at radius 3 is 2.57 bits per heavy atom. The molecule has 0 N–H and O–H groups in total. The molecule has 1 heteroatoms. The van der Waals surface area contributed by atoms with E-state index in [1.165, 1.54) is 6.42 Å². The topological polar surface area (TPSA) is 0 Å². The van der Waals surface area contributed by atoms with E-state index in [2.05, 4.69) is 25.3 Å². The molecule has 0 aromatic heterocycles. The van der Waals surface area contributed by atoms with Gasteiger partial charge in [-0.3, -0.25) is 0 Å². The zero-order chi connectivity index (χ0) is 5.54. The van der Waals surface area contributed by atoms with E-state index < -0.39 is 0 Å². The van der Waals surface area contributed by atoms with Gasteiger partial charge in [0.15, 0.2) is 0 Å². The quantitative estimate of drug-likeness (QED) is 0.510. The summed E-state index contributed by atoms with van der Waals surface area (Å²) in [6, 6.07) is 0. The summed E-state index contributed by atoms with van der Waals surface area (Å²) in [6.07, 6.45) is 7.67. The smallest absolute Gasteiger partial charge is 0.0110 e. The van der Waals surface area contributed by atoms with Crippen LogP contribution in [0.15, 0.2) is 12.2 Å². The molecular formula is C6H12S. The van der Waals surface area contributed by atoms with E-state index >= 15 is 0 Å². The van der Waals surface area contributed by atoms with Crippen LogP contribution in [0.1, 0.15) is 13.3 Å². The molecule has 0 radical (unpaired) electrons. The zero-order valence-electron chi connectivity index (χ0n) is 4.98. The van der Waals surface area contributed by atoms with Crippen molar-refractivity contribution in [2.75, 3.05) is 12.0 Å². The molecule has 7 heavy (non-hydrogen) atoms.